The van der Waals surface area contributed by atoms with Crippen molar-refractivity contribution in [2.45, 2.75) is 52.2 Å². The SMILES string of the molecule is CCC(CCOc1ccc([N+](=O)[O-])cc1)NC(=O)OC(C)(C)C. The molecule has 0 radical (unpaired) electrons. The van der Waals surface area contributed by atoms with Crippen LogP contribution in [-0.2, 0) is 4.74 Å². The number of hydrogen-bond donors (Lipinski definition) is 1. The fourth-order valence-electron chi connectivity index (χ4n) is 1.84. The highest BCUT2D eigenvalue weighted by Crippen LogP contribution is 2.17. The van der Waals surface area contributed by atoms with Crippen LogP contribution in [0.3, 0.4) is 0 Å². The first-order chi connectivity index (χ1) is 10.7. The van der Waals surface area contributed by atoms with Gasteiger partial charge in [0.2, 0.25) is 0 Å². The molecular formula is C16H24N2O5. The van der Waals surface area contributed by atoms with Crippen molar-refractivity contribution < 1.29 is 19.2 Å². The van der Waals surface area contributed by atoms with E-state index in [-0.39, 0.29) is 11.7 Å². The van der Waals surface area contributed by atoms with Gasteiger partial charge in [-0.15, -0.1) is 0 Å². The molecule has 23 heavy (non-hydrogen) atoms. The number of alkyl carbamates (subject to hydrolysis) is 1. The van der Waals surface area contributed by atoms with Gasteiger partial charge in [0.1, 0.15) is 11.4 Å². The number of amides is 1. The second kappa shape index (κ2) is 8.36. The molecule has 1 amide bonds. The number of non-ortho nitro benzene ring substituents is 1. The van der Waals surface area contributed by atoms with Gasteiger partial charge in [-0.1, -0.05) is 6.92 Å². The highest BCUT2D eigenvalue weighted by atomic mass is 16.6. The molecule has 1 aromatic rings. The summed E-state index contributed by atoms with van der Waals surface area (Å²) in [5.41, 5.74) is -0.507. The van der Waals surface area contributed by atoms with Gasteiger partial charge in [-0.25, -0.2) is 4.79 Å². The van der Waals surface area contributed by atoms with Gasteiger partial charge < -0.3 is 14.8 Å². The fourth-order valence-corrected chi connectivity index (χ4v) is 1.84. The highest BCUT2D eigenvalue weighted by Gasteiger charge is 2.18. The molecule has 1 rings (SSSR count). The summed E-state index contributed by atoms with van der Waals surface area (Å²) in [6, 6.07) is 5.85. The van der Waals surface area contributed by atoms with Crippen LogP contribution in [-0.4, -0.2) is 29.3 Å². The summed E-state index contributed by atoms with van der Waals surface area (Å²) in [7, 11) is 0. The predicted molar refractivity (Wildman–Crippen MR) is 86.7 cm³/mol. The van der Waals surface area contributed by atoms with Crippen molar-refractivity contribution >= 4 is 11.8 Å². The van der Waals surface area contributed by atoms with E-state index >= 15 is 0 Å². The smallest absolute Gasteiger partial charge is 0.407 e. The normalized spacial score (nSPS) is 12.3. The minimum Gasteiger partial charge on any atom is -0.494 e. The summed E-state index contributed by atoms with van der Waals surface area (Å²) in [5, 5.41) is 13.4. The quantitative estimate of drug-likeness (QED) is 0.610. The Labute approximate surface area is 136 Å². The maximum atomic E-state index is 11.7. The number of nitrogens with one attached hydrogen (secondary N) is 1. The van der Waals surface area contributed by atoms with Crippen LogP contribution in [0.4, 0.5) is 10.5 Å². The van der Waals surface area contributed by atoms with Gasteiger partial charge in [-0.05, 0) is 39.3 Å². The van der Waals surface area contributed by atoms with Crippen LogP contribution < -0.4 is 10.1 Å². The third kappa shape index (κ3) is 7.49. The highest BCUT2D eigenvalue weighted by molar-refractivity contribution is 5.68. The number of carbonyl (C=O) groups excluding carboxylic acids is 1. The molecule has 128 valence electrons. The molecule has 1 atom stereocenters. The maximum Gasteiger partial charge on any atom is 0.407 e. The molecule has 0 aliphatic heterocycles. The van der Waals surface area contributed by atoms with Gasteiger partial charge in [0.25, 0.3) is 5.69 Å². The molecule has 0 fully saturated rings. The van der Waals surface area contributed by atoms with E-state index in [1.54, 1.807) is 12.1 Å². The molecular weight excluding hydrogens is 300 g/mol. The molecule has 0 aliphatic carbocycles. The molecule has 0 heterocycles. The van der Waals surface area contributed by atoms with Crippen molar-refractivity contribution in [3.63, 3.8) is 0 Å². The molecule has 0 saturated carbocycles. The van der Waals surface area contributed by atoms with Gasteiger partial charge >= 0.3 is 6.09 Å². The molecule has 0 spiro atoms. The van der Waals surface area contributed by atoms with Gasteiger partial charge in [0, 0.05) is 24.6 Å². The molecule has 7 nitrogen and oxygen atoms in total. The Bertz CT molecular complexity index is 522. The Kier molecular flexibility index (Phi) is 6.81. The minimum atomic E-state index is -0.530. The lowest BCUT2D eigenvalue weighted by molar-refractivity contribution is -0.384. The minimum absolute atomic E-state index is 0.0235. The van der Waals surface area contributed by atoms with Crippen molar-refractivity contribution in [3.8, 4) is 5.75 Å². The lowest BCUT2D eigenvalue weighted by Crippen LogP contribution is -2.39. The van der Waals surface area contributed by atoms with Crippen LogP contribution in [0.2, 0.25) is 0 Å². The average molecular weight is 324 g/mol. The zero-order chi connectivity index (χ0) is 17.5. The molecule has 0 aromatic heterocycles. The van der Waals surface area contributed by atoms with E-state index in [2.05, 4.69) is 5.32 Å². The number of nitro groups is 1. The summed E-state index contributed by atoms with van der Waals surface area (Å²) >= 11 is 0. The van der Waals surface area contributed by atoms with Crippen LogP contribution in [0.1, 0.15) is 40.5 Å². The van der Waals surface area contributed by atoms with Gasteiger partial charge in [-0.2, -0.15) is 0 Å². The molecule has 1 unspecified atom stereocenters. The Morgan fingerprint density at radius 1 is 1.30 bits per heavy atom. The van der Waals surface area contributed by atoms with Crippen molar-refractivity contribution in [2.24, 2.45) is 0 Å². The van der Waals surface area contributed by atoms with Crippen LogP contribution in [0, 0.1) is 10.1 Å². The van der Waals surface area contributed by atoms with E-state index in [9.17, 15) is 14.9 Å². The van der Waals surface area contributed by atoms with Crippen molar-refractivity contribution in [1.82, 2.24) is 5.32 Å². The van der Waals surface area contributed by atoms with Crippen LogP contribution in [0.25, 0.3) is 0 Å². The zero-order valence-corrected chi connectivity index (χ0v) is 14.0. The monoisotopic (exact) mass is 324 g/mol. The van der Waals surface area contributed by atoms with E-state index in [1.807, 2.05) is 27.7 Å². The number of carbonyl (C=O) groups is 1. The van der Waals surface area contributed by atoms with E-state index in [4.69, 9.17) is 9.47 Å². The Morgan fingerprint density at radius 3 is 2.39 bits per heavy atom. The molecule has 1 N–H and O–H groups in total. The van der Waals surface area contributed by atoms with Crippen molar-refractivity contribution in [2.75, 3.05) is 6.61 Å². The fraction of sp³-hybridized carbons (Fsp3) is 0.562. The predicted octanol–water partition coefficient (Wildman–Crippen LogP) is 3.67. The summed E-state index contributed by atoms with van der Waals surface area (Å²) in [4.78, 5) is 21.8. The first kappa shape index (κ1) is 18.7. The number of hydrogen-bond acceptors (Lipinski definition) is 5. The van der Waals surface area contributed by atoms with Crippen molar-refractivity contribution in [3.05, 3.63) is 34.4 Å². The Morgan fingerprint density at radius 2 is 1.91 bits per heavy atom. The van der Waals surface area contributed by atoms with Gasteiger partial charge in [0.15, 0.2) is 0 Å². The first-order valence-corrected chi connectivity index (χ1v) is 7.58. The number of benzene rings is 1. The third-order valence-corrected chi connectivity index (χ3v) is 3.00. The molecule has 0 bridgehead atoms. The summed E-state index contributed by atoms with van der Waals surface area (Å²) in [6.07, 6.45) is 0.926. The van der Waals surface area contributed by atoms with E-state index in [0.717, 1.165) is 6.42 Å². The van der Waals surface area contributed by atoms with Gasteiger partial charge in [0.05, 0.1) is 11.5 Å². The molecule has 0 aliphatic rings. The van der Waals surface area contributed by atoms with Crippen LogP contribution in [0.5, 0.6) is 5.75 Å². The standard InChI is InChI=1S/C16H24N2O5/c1-5-12(17-15(19)23-16(2,3)4)10-11-22-14-8-6-13(7-9-14)18(20)21/h6-9,12H,5,10-11H2,1-4H3,(H,17,19). The van der Waals surface area contributed by atoms with Crippen LogP contribution in [0.15, 0.2) is 24.3 Å². The first-order valence-electron chi connectivity index (χ1n) is 7.58. The van der Waals surface area contributed by atoms with Crippen molar-refractivity contribution in [1.29, 1.82) is 0 Å². The lowest BCUT2D eigenvalue weighted by atomic mass is 10.1. The lowest BCUT2D eigenvalue weighted by Gasteiger charge is -2.23. The van der Waals surface area contributed by atoms with E-state index in [0.29, 0.717) is 18.8 Å². The number of ether oxygens (including phenoxy) is 2. The summed E-state index contributed by atoms with van der Waals surface area (Å²) < 4.78 is 10.8. The summed E-state index contributed by atoms with van der Waals surface area (Å²) in [5.74, 6) is 0.558. The largest absolute Gasteiger partial charge is 0.494 e. The summed E-state index contributed by atoms with van der Waals surface area (Å²) in [6.45, 7) is 7.79. The van der Waals surface area contributed by atoms with E-state index < -0.39 is 16.6 Å². The zero-order valence-electron chi connectivity index (χ0n) is 14.0. The molecule has 7 heteroatoms. The van der Waals surface area contributed by atoms with Crippen LogP contribution >= 0.6 is 0 Å². The number of nitrogens with zero attached hydrogens (tertiary/aromatic N) is 1. The maximum absolute atomic E-state index is 11.7. The Hall–Kier alpha value is -2.31. The van der Waals surface area contributed by atoms with Gasteiger partial charge in [-0.3, -0.25) is 10.1 Å². The number of nitro benzene ring substituents is 1. The Balaban J connectivity index is 2.39. The third-order valence-electron chi connectivity index (χ3n) is 3.00. The molecule has 1 aromatic carbocycles. The molecule has 0 saturated heterocycles. The topological polar surface area (TPSA) is 90.7 Å². The average Bonchev–Trinajstić information content (AvgIpc) is 2.44. The number of rotatable bonds is 7. The van der Waals surface area contributed by atoms with E-state index in [1.165, 1.54) is 12.1 Å². The second-order valence-corrected chi connectivity index (χ2v) is 6.14. The second-order valence-electron chi connectivity index (χ2n) is 6.14.